The van der Waals surface area contributed by atoms with Gasteiger partial charge in [-0.05, 0) is 37.0 Å². The first-order valence-electron chi connectivity index (χ1n) is 10.3. The monoisotopic (exact) mass is 351 g/mol. The Balaban J connectivity index is 1.32. The molecule has 0 spiro atoms. The zero-order chi connectivity index (χ0) is 17.5. The molecular formula is C22H29N3O. The highest BCUT2D eigenvalue weighted by Crippen LogP contribution is 2.34. The van der Waals surface area contributed by atoms with Crippen molar-refractivity contribution in [1.29, 1.82) is 0 Å². The van der Waals surface area contributed by atoms with Crippen LogP contribution >= 0.6 is 0 Å². The summed E-state index contributed by atoms with van der Waals surface area (Å²) in [5.41, 5.74) is 5.49. The van der Waals surface area contributed by atoms with Crippen molar-refractivity contribution in [1.82, 2.24) is 14.7 Å². The van der Waals surface area contributed by atoms with Crippen molar-refractivity contribution in [3.63, 3.8) is 0 Å². The molecule has 26 heavy (non-hydrogen) atoms. The van der Waals surface area contributed by atoms with Crippen LogP contribution in [0, 0.1) is 0 Å². The van der Waals surface area contributed by atoms with Gasteiger partial charge in [-0.1, -0.05) is 31.4 Å². The Hall–Kier alpha value is -1.81. The summed E-state index contributed by atoms with van der Waals surface area (Å²) in [6.07, 6.45) is 11.2. The van der Waals surface area contributed by atoms with E-state index in [-0.39, 0.29) is 0 Å². The van der Waals surface area contributed by atoms with E-state index in [1.54, 1.807) is 0 Å². The lowest BCUT2D eigenvalue weighted by Gasteiger charge is -2.32. The van der Waals surface area contributed by atoms with Crippen molar-refractivity contribution < 1.29 is 4.74 Å². The Labute approximate surface area is 156 Å². The van der Waals surface area contributed by atoms with Gasteiger partial charge in [0.05, 0.1) is 18.3 Å². The second kappa shape index (κ2) is 6.73. The minimum Gasteiger partial charge on any atom is -0.493 e. The van der Waals surface area contributed by atoms with Crippen LogP contribution < -0.4 is 4.74 Å². The largest absolute Gasteiger partial charge is 0.493 e. The number of rotatable bonds is 3. The highest BCUT2D eigenvalue weighted by atomic mass is 16.5. The van der Waals surface area contributed by atoms with E-state index in [2.05, 4.69) is 40.9 Å². The van der Waals surface area contributed by atoms with Gasteiger partial charge >= 0.3 is 0 Å². The molecule has 2 aliphatic heterocycles. The smallest absolute Gasteiger partial charge is 0.122 e. The standard InChI is InChI=1S/C22H29N3O/c1-16(18-8-7-17-10-12-26-22(17)13-18)24-11-9-21-19(14-24)15-25(23-21)20-5-3-2-4-6-20/h7-8,13,15-16,20H,2-6,9-12,14H2,1H3. The summed E-state index contributed by atoms with van der Waals surface area (Å²) >= 11 is 0. The summed E-state index contributed by atoms with van der Waals surface area (Å²) in [5.74, 6) is 1.09. The lowest BCUT2D eigenvalue weighted by molar-refractivity contribution is 0.191. The van der Waals surface area contributed by atoms with Crippen molar-refractivity contribution in [3.05, 3.63) is 46.8 Å². The molecule has 1 aliphatic carbocycles. The molecule has 2 aromatic rings. The van der Waals surface area contributed by atoms with Crippen LogP contribution in [0.25, 0.3) is 0 Å². The van der Waals surface area contributed by atoms with Crippen LogP contribution in [0.3, 0.4) is 0 Å². The maximum Gasteiger partial charge on any atom is 0.122 e. The van der Waals surface area contributed by atoms with E-state index in [0.717, 1.165) is 38.3 Å². The highest BCUT2D eigenvalue weighted by molar-refractivity contribution is 5.41. The molecular weight excluding hydrogens is 322 g/mol. The molecule has 0 radical (unpaired) electrons. The van der Waals surface area contributed by atoms with Gasteiger partial charge in [-0.3, -0.25) is 9.58 Å². The van der Waals surface area contributed by atoms with Gasteiger partial charge in [-0.2, -0.15) is 5.10 Å². The molecule has 138 valence electrons. The summed E-state index contributed by atoms with van der Waals surface area (Å²) in [5, 5.41) is 4.96. The van der Waals surface area contributed by atoms with Crippen LogP contribution in [0.5, 0.6) is 5.75 Å². The van der Waals surface area contributed by atoms with Crippen LogP contribution in [0.15, 0.2) is 24.4 Å². The Kier molecular flexibility index (Phi) is 4.24. The molecule has 0 saturated heterocycles. The van der Waals surface area contributed by atoms with Crippen LogP contribution in [-0.4, -0.2) is 27.8 Å². The van der Waals surface area contributed by atoms with Gasteiger partial charge in [-0.25, -0.2) is 0 Å². The molecule has 1 atom stereocenters. The third kappa shape index (κ3) is 2.94. The molecule has 4 nitrogen and oxygen atoms in total. The topological polar surface area (TPSA) is 30.3 Å². The molecule has 0 amide bonds. The minimum atomic E-state index is 0.413. The average molecular weight is 351 g/mol. The molecule has 1 fully saturated rings. The number of hydrogen-bond acceptors (Lipinski definition) is 3. The molecule has 1 unspecified atom stereocenters. The first kappa shape index (κ1) is 16.4. The van der Waals surface area contributed by atoms with Gasteiger partial charge in [0.2, 0.25) is 0 Å². The van der Waals surface area contributed by atoms with Crippen LogP contribution in [-0.2, 0) is 19.4 Å². The lowest BCUT2D eigenvalue weighted by atomic mass is 9.96. The van der Waals surface area contributed by atoms with Gasteiger partial charge in [0.1, 0.15) is 5.75 Å². The molecule has 1 saturated carbocycles. The third-order valence-electron chi connectivity index (χ3n) is 6.60. The van der Waals surface area contributed by atoms with Gasteiger partial charge in [0.15, 0.2) is 0 Å². The predicted octanol–water partition coefficient (Wildman–Crippen LogP) is 4.44. The average Bonchev–Trinajstić information content (AvgIpc) is 3.33. The zero-order valence-electron chi connectivity index (χ0n) is 15.8. The van der Waals surface area contributed by atoms with Gasteiger partial charge in [0.25, 0.3) is 0 Å². The van der Waals surface area contributed by atoms with Crippen LogP contribution in [0.2, 0.25) is 0 Å². The third-order valence-corrected chi connectivity index (χ3v) is 6.60. The minimum absolute atomic E-state index is 0.413. The summed E-state index contributed by atoms with van der Waals surface area (Å²) in [7, 11) is 0. The molecule has 3 heterocycles. The van der Waals surface area contributed by atoms with E-state index < -0.39 is 0 Å². The van der Waals surface area contributed by atoms with Crippen molar-refractivity contribution in [2.24, 2.45) is 0 Å². The fraction of sp³-hybridized carbons (Fsp3) is 0.591. The second-order valence-corrected chi connectivity index (χ2v) is 8.23. The van der Waals surface area contributed by atoms with Crippen molar-refractivity contribution in [3.8, 4) is 5.75 Å². The molecule has 0 N–H and O–H groups in total. The summed E-state index contributed by atoms with van der Waals surface area (Å²) in [6.45, 7) is 5.27. The van der Waals surface area contributed by atoms with E-state index in [9.17, 15) is 0 Å². The van der Waals surface area contributed by atoms with Gasteiger partial charge in [-0.15, -0.1) is 0 Å². The van der Waals surface area contributed by atoms with E-state index in [0.29, 0.717) is 12.1 Å². The zero-order valence-corrected chi connectivity index (χ0v) is 15.8. The van der Waals surface area contributed by atoms with E-state index in [4.69, 9.17) is 9.84 Å². The number of fused-ring (bicyclic) bond motifs is 2. The molecule has 3 aliphatic rings. The van der Waals surface area contributed by atoms with Crippen molar-refractivity contribution >= 4 is 0 Å². The number of nitrogens with zero attached hydrogens (tertiary/aromatic N) is 3. The number of hydrogen-bond donors (Lipinski definition) is 0. The van der Waals surface area contributed by atoms with Gasteiger partial charge in [0, 0.05) is 43.7 Å². The van der Waals surface area contributed by atoms with Crippen LogP contribution in [0.4, 0.5) is 0 Å². The van der Waals surface area contributed by atoms with E-state index in [1.165, 1.54) is 54.5 Å². The fourth-order valence-electron chi connectivity index (χ4n) is 4.87. The van der Waals surface area contributed by atoms with Crippen LogP contribution in [0.1, 0.15) is 73.5 Å². The SMILES string of the molecule is CC(c1ccc2c(c1)OCC2)N1CCc2nn(C3CCCCC3)cc2C1. The van der Waals surface area contributed by atoms with Gasteiger partial charge < -0.3 is 4.74 Å². The molecule has 4 heteroatoms. The number of ether oxygens (including phenoxy) is 1. The fourth-order valence-corrected chi connectivity index (χ4v) is 4.87. The van der Waals surface area contributed by atoms with E-state index in [1.807, 2.05) is 0 Å². The Morgan fingerprint density at radius 1 is 1.12 bits per heavy atom. The second-order valence-electron chi connectivity index (χ2n) is 8.23. The first-order chi connectivity index (χ1) is 12.8. The van der Waals surface area contributed by atoms with Crippen molar-refractivity contribution in [2.75, 3.05) is 13.2 Å². The van der Waals surface area contributed by atoms with Crippen molar-refractivity contribution in [2.45, 2.75) is 70.5 Å². The van der Waals surface area contributed by atoms with E-state index >= 15 is 0 Å². The molecule has 0 bridgehead atoms. The summed E-state index contributed by atoms with van der Waals surface area (Å²) in [6, 6.07) is 7.85. The first-order valence-corrected chi connectivity index (χ1v) is 10.3. The summed E-state index contributed by atoms with van der Waals surface area (Å²) < 4.78 is 8.06. The Bertz CT molecular complexity index is 791. The Morgan fingerprint density at radius 3 is 2.88 bits per heavy atom. The number of benzene rings is 1. The highest BCUT2D eigenvalue weighted by Gasteiger charge is 2.26. The maximum atomic E-state index is 5.77. The molecule has 5 rings (SSSR count). The maximum absolute atomic E-state index is 5.77. The summed E-state index contributed by atoms with van der Waals surface area (Å²) in [4.78, 5) is 2.59. The number of aromatic nitrogens is 2. The molecule has 1 aromatic heterocycles. The quantitative estimate of drug-likeness (QED) is 0.819. The predicted molar refractivity (Wildman–Crippen MR) is 103 cm³/mol. The molecule has 1 aromatic carbocycles. The Morgan fingerprint density at radius 2 is 2.00 bits per heavy atom. The lowest BCUT2D eigenvalue weighted by Crippen LogP contribution is -2.32. The normalized spacial score (nSPS) is 21.9.